The van der Waals surface area contributed by atoms with Crippen LogP contribution in [0.4, 0.5) is 0 Å². The molecule has 2 rings (SSSR count). The molecule has 4 heteroatoms. The Balaban J connectivity index is 2.17. The Labute approximate surface area is 144 Å². The highest BCUT2D eigenvalue weighted by Crippen LogP contribution is 2.33. The zero-order valence-corrected chi connectivity index (χ0v) is 14.6. The molecule has 0 aliphatic rings. The number of hydrogen-bond acceptors (Lipinski definition) is 4. The molecule has 0 unspecified atom stereocenters. The largest absolute Gasteiger partial charge is 0.491 e. The summed E-state index contributed by atoms with van der Waals surface area (Å²) in [4.78, 5) is 0. The number of aliphatic hydroxyl groups excluding tert-OH is 1. The van der Waals surface area contributed by atoms with Crippen LogP contribution in [0.25, 0.3) is 11.1 Å². The van der Waals surface area contributed by atoms with Gasteiger partial charge in [0, 0.05) is 12.2 Å². The Morgan fingerprint density at radius 1 is 1.00 bits per heavy atom. The molecule has 0 spiro atoms. The summed E-state index contributed by atoms with van der Waals surface area (Å²) in [5.74, 6) is 1.62. The minimum absolute atomic E-state index is 0.00752. The highest BCUT2D eigenvalue weighted by molar-refractivity contribution is 5.71. The fraction of sp³-hybridized carbons (Fsp3) is 0.400. The first-order valence-corrected chi connectivity index (χ1v) is 8.35. The Bertz CT molecular complexity index is 620. The van der Waals surface area contributed by atoms with Gasteiger partial charge >= 0.3 is 0 Å². The lowest BCUT2D eigenvalue weighted by atomic mass is 10.0. The van der Waals surface area contributed by atoms with Crippen LogP contribution in [0.1, 0.15) is 26.3 Å². The van der Waals surface area contributed by atoms with Crippen molar-refractivity contribution >= 4 is 0 Å². The molecule has 130 valence electrons. The summed E-state index contributed by atoms with van der Waals surface area (Å²) in [6.07, 6.45) is 0.0879. The number of hydrogen-bond donors (Lipinski definition) is 1. The molecule has 1 N–H and O–H groups in total. The molecule has 24 heavy (non-hydrogen) atoms. The zero-order valence-electron chi connectivity index (χ0n) is 14.6. The summed E-state index contributed by atoms with van der Waals surface area (Å²) < 4.78 is 16.8. The van der Waals surface area contributed by atoms with Crippen LogP contribution in [0, 0.1) is 0 Å². The van der Waals surface area contributed by atoms with E-state index in [0.717, 1.165) is 28.2 Å². The van der Waals surface area contributed by atoms with Crippen LogP contribution in [-0.4, -0.2) is 31.0 Å². The SMILES string of the molecule is CCOCCOc1ccc(-c2cc(CO)ccc2OC(C)C)cc1. The molecule has 0 saturated carbocycles. The molecule has 2 aromatic carbocycles. The van der Waals surface area contributed by atoms with Crippen molar-refractivity contribution in [2.75, 3.05) is 19.8 Å². The van der Waals surface area contributed by atoms with Gasteiger partial charge in [-0.3, -0.25) is 0 Å². The fourth-order valence-corrected chi connectivity index (χ4v) is 2.35. The number of benzene rings is 2. The molecule has 0 bridgehead atoms. The Kier molecular flexibility index (Phi) is 7.09. The van der Waals surface area contributed by atoms with Gasteiger partial charge in [0.1, 0.15) is 18.1 Å². The highest BCUT2D eigenvalue weighted by atomic mass is 16.5. The van der Waals surface area contributed by atoms with Crippen molar-refractivity contribution in [2.24, 2.45) is 0 Å². The van der Waals surface area contributed by atoms with E-state index in [1.807, 2.05) is 63.2 Å². The molecule has 4 nitrogen and oxygen atoms in total. The third-order valence-electron chi connectivity index (χ3n) is 3.46. The second-order valence-corrected chi connectivity index (χ2v) is 5.72. The fourth-order valence-electron chi connectivity index (χ4n) is 2.35. The maximum absolute atomic E-state index is 9.39. The average Bonchev–Trinajstić information content (AvgIpc) is 2.59. The molecule has 0 atom stereocenters. The summed E-state index contributed by atoms with van der Waals surface area (Å²) in [5.41, 5.74) is 2.85. The van der Waals surface area contributed by atoms with Gasteiger partial charge in [0.05, 0.1) is 19.3 Å². The first-order valence-electron chi connectivity index (χ1n) is 8.35. The first kappa shape index (κ1) is 18.3. The molecule has 2 aromatic rings. The molecule has 0 amide bonds. The average molecular weight is 330 g/mol. The lowest BCUT2D eigenvalue weighted by molar-refractivity contribution is 0.110. The number of aliphatic hydroxyl groups is 1. The van der Waals surface area contributed by atoms with Gasteiger partial charge in [0.2, 0.25) is 0 Å². The lowest BCUT2D eigenvalue weighted by Crippen LogP contribution is -2.07. The van der Waals surface area contributed by atoms with Crippen LogP contribution in [0.3, 0.4) is 0 Å². The van der Waals surface area contributed by atoms with Crippen LogP contribution >= 0.6 is 0 Å². The summed E-state index contributed by atoms with van der Waals surface area (Å²) in [6.45, 7) is 7.79. The van der Waals surface area contributed by atoms with E-state index in [2.05, 4.69) is 0 Å². The van der Waals surface area contributed by atoms with Crippen molar-refractivity contribution in [2.45, 2.75) is 33.5 Å². The predicted molar refractivity (Wildman–Crippen MR) is 95.6 cm³/mol. The second kappa shape index (κ2) is 9.30. The number of rotatable bonds is 9. The molecule has 0 radical (unpaired) electrons. The highest BCUT2D eigenvalue weighted by Gasteiger charge is 2.10. The normalized spacial score (nSPS) is 10.9. The van der Waals surface area contributed by atoms with E-state index in [9.17, 15) is 5.11 Å². The predicted octanol–water partition coefficient (Wildman–Crippen LogP) is 4.05. The van der Waals surface area contributed by atoms with E-state index in [1.54, 1.807) is 0 Å². The Morgan fingerprint density at radius 2 is 1.75 bits per heavy atom. The van der Waals surface area contributed by atoms with Gasteiger partial charge in [-0.2, -0.15) is 0 Å². The van der Waals surface area contributed by atoms with Gasteiger partial charge in [0.25, 0.3) is 0 Å². The van der Waals surface area contributed by atoms with E-state index >= 15 is 0 Å². The summed E-state index contributed by atoms with van der Waals surface area (Å²) >= 11 is 0. The molecule has 0 saturated heterocycles. The van der Waals surface area contributed by atoms with Crippen molar-refractivity contribution in [3.05, 3.63) is 48.0 Å². The van der Waals surface area contributed by atoms with Crippen LogP contribution in [0.5, 0.6) is 11.5 Å². The summed E-state index contributed by atoms with van der Waals surface area (Å²) in [6, 6.07) is 13.6. The lowest BCUT2D eigenvalue weighted by Gasteiger charge is -2.16. The standard InChI is InChI=1S/C20H26O4/c1-4-22-11-12-23-18-8-6-17(7-9-18)19-13-16(14-21)5-10-20(19)24-15(2)3/h5-10,13,15,21H,4,11-12,14H2,1-3H3. The summed E-state index contributed by atoms with van der Waals surface area (Å²) in [7, 11) is 0. The molecule has 0 fully saturated rings. The molecule has 0 aliphatic carbocycles. The maximum atomic E-state index is 9.39. The van der Waals surface area contributed by atoms with E-state index < -0.39 is 0 Å². The van der Waals surface area contributed by atoms with Gasteiger partial charge in [-0.1, -0.05) is 18.2 Å². The van der Waals surface area contributed by atoms with Crippen LogP contribution in [-0.2, 0) is 11.3 Å². The molecule has 0 aliphatic heterocycles. The quantitative estimate of drug-likeness (QED) is 0.705. The van der Waals surface area contributed by atoms with Gasteiger partial charge in [-0.15, -0.1) is 0 Å². The van der Waals surface area contributed by atoms with Crippen molar-refractivity contribution < 1.29 is 19.3 Å². The summed E-state index contributed by atoms with van der Waals surface area (Å²) in [5, 5.41) is 9.39. The van der Waals surface area contributed by atoms with Crippen LogP contribution in [0.2, 0.25) is 0 Å². The third kappa shape index (κ3) is 5.25. The van der Waals surface area contributed by atoms with Crippen molar-refractivity contribution in [1.29, 1.82) is 0 Å². The van der Waals surface area contributed by atoms with Crippen molar-refractivity contribution in [3.63, 3.8) is 0 Å². The van der Waals surface area contributed by atoms with E-state index in [4.69, 9.17) is 14.2 Å². The third-order valence-corrected chi connectivity index (χ3v) is 3.46. The molecular weight excluding hydrogens is 304 g/mol. The minimum atomic E-state index is 0.00752. The topological polar surface area (TPSA) is 47.9 Å². The maximum Gasteiger partial charge on any atom is 0.127 e. The van der Waals surface area contributed by atoms with E-state index in [1.165, 1.54) is 0 Å². The zero-order chi connectivity index (χ0) is 17.4. The smallest absolute Gasteiger partial charge is 0.127 e. The minimum Gasteiger partial charge on any atom is -0.491 e. The second-order valence-electron chi connectivity index (χ2n) is 5.72. The van der Waals surface area contributed by atoms with Gasteiger partial charge < -0.3 is 19.3 Å². The Hall–Kier alpha value is -2.04. The van der Waals surface area contributed by atoms with Gasteiger partial charge in [0.15, 0.2) is 0 Å². The van der Waals surface area contributed by atoms with Crippen molar-refractivity contribution in [1.82, 2.24) is 0 Å². The van der Waals surface area contributed by atoms with Gasteiger partial charge in [-0.05, 0) is 56.2 Å². The monoisotopic (exact) mass is 330 g/mol. The van der Waals surface area contributed by atoms with E-state index in [0.29, 0.717) is 19.8 Å². The molecule has 0 heterocycles. The molecule has 0 aromatic heterocycles. The molecular formula is C20H26O4. The number of ether oxygens (including phenoxy) is 3. The van der Waals surface area contributed by atoms with E-state index in [-0.39, 0.29) is 12.7 Å². The van der Waals surface area contributed by atoms with Gasteiger partial charge in [-0.25, -0.2) is 0 Å². The first-order chi connectivity index (χ1) is 11.6. The Morgan fingerprint density at radius 3 is 2.38 bits per heavy atom. The van der Waals surface area contributed by atoms with Crippen LogP contribution in [0.15, 0.2) is 42.5 Å². The van der Waals surface area contributed by atoms with Crippen molar-refractivity contribution in [3.8, 4) is 22.6 Å². The van der Waals surface area contributed by atoms with Crippen LogP contribution < -0.4 is 9.47 Å².